The zero-order valence-electron chi connectivity index (χ0n) is 20.0. The van der Waals surface area contributed by atoms with E-state index in [1.807, 2.05) is 37.9 Å². The number of fused-ring (bicyclic) bond motifs is 1. The van der Waals surface area contributed by atoms with E-state index in [1.165, 1.54) is 19.2 Å². The van der Waals surface area contributed by atoms with Gasteiger partial charge in [-0.15, -0.1) is 0 Å². The Balaban J connectivity index is 1.20. The summed E-state index contributed by atoms with van der Waals surface area (Å²) in [6.45, 7) is 9.32. The van der Waals surface area contributed by atoms with Crippen molar-refractivity contribution >= 4 is 22.9 Å². The number of hydrogen-bond donors (Lipinski definition) is 1. The second-order valence-corrected chi connectivity index (χ2v) is 10.8. The lowest BCUT2D eigenvalue weighted by atomic mass is 9.85. The van der Waals surface area contributed by atoms with Crippen LogP contribution < -0.4 is 5.73 Å². The summed E-state index contributed by atoms with van der Waals surface area (Å²) in [6, 6.07) is 1.97. The monoisotopic (exact) mass is 456 g/mol. The van der Waals surface area contributed by atoms with Crippen molar-refractivity contribution in [2.24, 2.45) is 0 Å². The quantitative estimate of drug-likeness (QED) is 0.754. The highest BCUT2D eigenvalue weighted by Gasteiger charge is 2.45. The topological polar surface area (TPSA) is 98.7 Å². The highest BCUT2D eigenvalue weighted by atomic mass is 16.6. The third-order valence-corrected chi connectivity index (χ3v) is 7.45. The van der Waals surface area contributed by atoms with Gasteiger partial charge in [-0.1, -0.05) is 0 Å². The van der Waals surface area contributed by atoms with Crippen LogP contribution >= 0.6 is 0 Å². The highest BCUT2D eigenvalue weighted by Crippen LogP contribution is 2.40. The Morgan fingerprint density at radius 1 is 1.21 bits per heavy atom. The van der Waals surface area contributed by atoms with E-state index in [-0.39, 0.29) is 24.0 Å². The maximum Gasteiger partial charge on any atom is 0.410 e. The second kappa shape index (κ2) is 8.43. The molecule has 180 valence electrons. The predicted octanol–water partition coefficient (Wildman–Crippen LogP) is 3.56. The number of carbonyl (C=O) groups excluding carboxylic acids is 1. The molecule has 0 radical (unpaired) electrons. The van der Waals surface area contributed by atoms with Crippen LogP contribution in [0.5, 0.6) is 0 Å². The average Bonchev–Trinajstić information content (AvgIpc) is 3.48. The van der Waals surface area contributed by atoms with Crippen LogP contribution in [0.1, 0.15) is 65.5 Å². The lowest BCUT2D eigenvalue weighted by Gasteiger charge is -2.45. The SMILES string of the molecule is CC(C)(C)OC(=O)N1CCC2(CCCN2C[C@H]2CCC(n3ccc4c(N)ncnc43)O2)CC1. The fraction of sp³-hybridized carbons (Fsp3) is 0.708. The molecule has 3 aliphatic heterocycles. The molecule has 2 aromatic heterocycles. The molecule has 0 aliphatic carbocycles. The number of hydrogen-bond acceptors (Lipinski definition) is 7. The van der Waals surface area contributed by atoms with Crippen molar-refractivity contribution in [3.05, 3.63) is 18.6 Å². The maximum atomic E-state index is 12.5. The number of amides is 1. The lowest BCUT2D eigenvalue weighted by Crippen LogP contribution is -2.55. The zero-order chi connectivity index (χ0) is 23.2. The van der Waals surface area contributed by atoms with E-state index in [0.29, 0.717) is 5.82 Å². The molecule has 33 heavy (non-hydrogen) atoms. The molecule has 5 heterocycles. The van der Waals surface area contributed by atoms with Crippen LogP contribution in [0.25, 0.3) is 11.0 Å². The van der Waals surface area contributed by atoms with Crippen molar-refractivity contribution in [2.45, 2.75) is 82.8 Å². The second-order valence-electron chi connectivity index (χ2n) is 10.8. The fourth-order valence-electron chi connectivity index (χ4n) is 5.77. The van der Waals surface area contributed by atoms with E-state index in [2.05, 4.69) is 19.4 Å². The van der Waals surface area contributed by atoms with Gasteiger partial charge in [-0.25, -0.2) is 14.8 Å². The number of anilines is 1. The number of nitrogens with zero attached hydrogens (tertiary/aromatic N) is 5. The third kappa shape index (κ3) is 4.40. The van der Waals surface area contributed by atoms with Gasteiger partial charge in [-0.05, 0) is 71.9 Å². The van der Waals surface area contributed by atoms with Crippen LogP contribution in [0.3, 0.4) is 0 Å². The molecule has 9 heteroatoms. The summed E-state index contributed by atoms with van der Waals surface area (Å²) in [5.74, 6) is 0.505. The number of carbonyl (C=O) groups is 1. The summed E-state index contributed by atoms with van der Waals surface area (Å²) in [4.78, 5) is 25.5. The number of aromatic nitrogens is 3. The molecule has 1 unspecified atom stereocenters. The molecule has 3 fully saturated rings. The molecular formula is C24H36N6O3. The number of rotatable bonds is 3. The Morgan fingerprint density at radius 2 is 2.00 bits per heavy atom. The van der Waals surface area contributed by atoms with Crippen LogP contribution in [0.4, 0.5) is 10.6 Å². The number of ether oxygens (including phenoxy) is 2. The summed E-state index contributed by atoms with van der Waals surface area (Å²) < 4.78 is 14.2. The van der Waals surface area contributed by atoms with Crippen LogP contribution in [-0.2, 0) is 9.47 Å². The number of likely N-dealkylation sites (tertiary alicyclic amines) is 2. The Kier molecular flexibility index (Phi) is 5.73. The first-order valence-electron chi connectivity index (χ1n) is 12.2. The molecule has 0 bridgehead atoms. The summed E-state index contributed by atoms with van der Waals surface area (Å²) in [5.41, 5.74) is 6.56. The van der Waals surface area contributed by atoms with Crippen LogP contribution in [0.2, 0.25) is 0 Å². The van der Waals surface area contributed by atoms with Crippen molar-refractivity contribution in [3.8, 4) is 0 Å². The smallest absolute Gasteiger partial charge is 0.410 e. The Bertz CT molecular complexity index is 1010. The van der Waals surface area contributed by atoms with Crippen molar-refractivity contribution in [2.75, 3.05) is 31.9 Å². The minimum atomic E-state index is -0.454. The normalized spacial score (nSPS) is 25.8. The number of nitrogens with two attached hydrogens (primary N) is 1. The molecular weight excluding hydrogens is 420 g/mol. The van der Waals surface area contributed by atoms with Gasteiger partial charge in [-0.2, -0.15) is 0 Å². The minimum Gasteiger partial charge on any atom is -0.444 e. The Morgan fingerprint density at radius 3 is 2.76 bits per heavy atom. The highest BCUT2D eigenvalue weighted by molar-refractivity contribution is 5.86. The zero-order valence-corrected chi connectivity index (χ0v) is 20.0. The molecule has 9 nitrogen and oxygen atoms in total. The van der Waals surface area contributed by atoms with Crippen molar-refractivity contribution in [1.29, 1.82) is 0 Å². The molecule has 0 aromatic carbocycles. The molecule has 3 saturated heterocycles. The molecule has 0 saturated carbocycles. The lowest BCUT2D eigenvalue weighted by molar-refractivity contribution is -0.0364. The first-order valence-corrected chi connectivity index (χ1v) is 12.2. The van der Waals surface area contributed by atoms with Gasteiger partial charge < -0.3 is 24.7 Å². The van der Waals surface area contributed by atoms with E-state index in [1.54, 1.807) is 0 Å². The van der Waals surface area contributed by atoms with Crippen molar-refractivity contribution < 1.29 is 14.3 Å². The van der Waals surface area contributed by atoms with Gasteiger partial charge in [0, 0.05) is 31.4 Å². The van der Waals surface area contributed by atoms with Gasteiger partial charge in [-0.3, -0.25) is 4.90 Å². The summed E-state index contributed by atoms with van der Waals surface area (Å²) in [5, 5.41) is 0.875. The van der Waals surface area contributed by atoms with Gasteiger partial charge >= 0.3 is 6.09 Å². The van der Waals surface area contributed by atoms with Crippen LogP contribution in [0, 0.1) is 0 Å². The van der Waals surface area contributed by atoms with E-state index in [9.17, 15) is 4.79 Å². The third-order valence-electron chi connectivity index (χ3n) is 7.45. The number of nitrogen functional groups attached to an aromatic ring is 1. The number of piperidine rings is 1. The largest absolute Gasteiger partial charge is 0.444 e. The standard InChI is InChI=1S/C24H36N6O3/c1-23(2,3)33-22(31)28-13-9-24(10-14-28)8-4-11-29(24)15-17-5-6-19(32-17)30-12-7-18-20(25)26-16-27-21(18)30/h7,12,16-17,19H,4-6,8-11,13-15H2,1-3H3,(H2,25,26,27)/t17-,19?/m1/s1. The summed E-state index contributed by atoms with van der Waals surface area (Å²) >= 11 is 0. The van der Waals surface area contributed by atoms with Gasteiger partial charge in [0.15, 0.2) is 0 Å². The molecule has 1 spiro atoms. The van der Waals surface area contributed by atoms with E-state index in [0.717, 1.165) is 62.9 Å². The van der Waals surface area contributed by atoms with Crippen molar-refractivity contribution in [1.82, 2.24) is 24.3 Å². The maximum absolute atomic E-state index is 12.5. The molecule has 1 amide bonds. The predicted molar refractivity (Wildman–Crippen MR) is 126 cm³/mol. The Hall–Kier alpha value is -2.39. The molecule has 2 atom stereocenters. The Labute approximate surface area is 195 Å². The van der Waals surface area contributed by atoms with Crippen LogP contribution in [0.15, 0.2) is 18.6 Å². The summed E-state index contributed by atoms with van der Waals surface area (Å²) in [6.07, 6.45) is 9.91. The van der Waals surface area contributed by atoms with Crippen LogP contribution in [-0.4, -0.2) is 73.9 Å². The van der Waals surface area contributed by atoms with E-state index < -0.39 is 5.60 Å². The molecule has 5 rings (SSSR count). The molecule has 2 N–H and O–H groups in total. The first-order chi connectivity index (χ1) is 15.7. The minimum absolute atomic E-state index is 0.0191. The molecule has 3 aliphatic rings. The molecule has 2 aromatic rings. The van der Waals surface area contributed by atoms with E-state index in [4.69, 9.17) is 15.2 Å². The summed E-state index contributed by atoms with van der Waals surface area (Å²) in [7, 11) is 0. The van der Waals surface area contributed by atoms with Gasteiger partial charge in [0.25, 0.3) is 0 Å². The van der Waals surface area contributed by atoms with Gasteiger partial charge in [0.05, 0.1) is 11.5 Å². The van der Waals surface area contributed by atoms with Crippen molar-refractivity contribution in [3.63, 3.8) is 0 Å². The fourth-order valence-corrected chi connectivity index (χ4v) is 5.77. The average molecular weight is 457 g/mol. The first kappa shape index (κ1) is 22.4. The van der Waals surface area contributed by atoms with Gasteiger partial charge in [0.2, 0.25) is 0 Å². The van der Waals surface area contributed by atoms with E-state index >= 15 is 0 Å². The van der Waals surface area contributed by atoms with Gasteiger partial charge in [0.1, 0.15) is 29.6 Å².